The van der Waals surface area contributed by atoms with E-state index in [-0.39, 0.29) is 17.9 Å². The van der Waals surface area contributed by atoms with Crippen LogP contribution < -0.4 is 19.5 Å². The summed E-state index contributed by atoms with van der Waals surface area (Å²) in [6.45, 7) is 1.11. The lowest BCUT2D eigenvalue weighted by atomic mass is 9.95. The predicted molar refractivity (Wildman–Crippen MR) is 99.6 cm³/mol. The van der Waals surface area contributed by atoms with Crippen LogP contribution in [0.3, 0.4) is 0 Å². The molecule has 0 aliphatic carbocycles. The van der Waals surface area contributed by atoms with E-state index in [9.17, 15) is 4.79 Å². The molecule has 1 aromatic carbocycles. The van der Waals surface area contributed by atoms with Crippen molar-refractivity contribution in [2.75, 3.05) is 34.5 Å². The first-order chi connectivity index (χ1) is 13.2. The number of carbonyl (C=O) groups excluding carboxylic acids is 1. The van der Waals surface area contributed by atoms with Crippen molar-refractivity contribution in [3.05, 3.63) is 47.8 Å². The van der Waals surface area contributed by atoms with E-state index < -0.39 is 0 Å². The summed E-state index contributed by atoms with van der Waals surface area (Å²) in [5.74, 6) is 1.34. The van der Waals surface area contributed by atoms with Crippen LogP contribution in [0.1, 0.15) is 15.9 Å². The van der Waals surface area contributed by atoms with Crippen LogP contribution in [0.4, 0.5) is 0 Å². The molecule has 1 aliphatic rings. The lowest BCUT2D eigenvalue weighted by Gasteiger charge is -2.20. The third-order valence-electron chi connectivity index (χ3n) is 4.69. The molecule has 3 rings (SSSR count). The molecular weight excluding hydrogens is 348 g/mol. The average Bonchev–Trinajstić information content (AvgIpc) is 3.13. The zero-order valence-electron chi connectivity index (χ0n) is 15.7. The standard InChI is InChI=1S/C20H24N2O5/c1-24-17-9-14(10-18(25-2)19(17)26-3)20(23)22-16-12-27-11-15(16)8-13-4-6-21-7-5-13/h4-7,9-10,15-16H,8,11-12H2,1-3H3,(H,22,23)/t15-,16-/m1/s1. The zero-order chi connectivity index (χ0) is 19.2. The van der Waals surface area contributed by atoms with Crippen molar-refractivity contribution in [1.29, 1.82) is 0 Å². The van der Waals surface area contributed by atoms with Gasteiger partial charge in [0.2, 0.25) is 5.75 Å². The average molecular weight is 372 g/mol. The Morgan fingerprint density at radius 3 is 2.37 bits per heavy atom. The highest BCUT2D eigenvalue weighted by atomic mass is 16.5. The maximum Gasteiger partial charge on any atom is 0.251 e. The molecule has 7 heteroatoms. The van der Waals surface area contributed by atoms with Gasteiger partial charge in [-0.15, -0.1) is 0 Å². The largest absolute Gasteiger partial charge is 0.493 e. The fraction of sp³-hybridized carbons (Fsp3) is 0.400. The SMILES string of the molecule is COc1cc(C(=O)N[C@@H]2COC[C@H]2Cc2ccncc2)cc(OC)c1OC. The fourth-order valence-corrected chi connectivity index (χ4v) is 3.24. The van der Waals surface area contributed by atoms with E-state index in [1.165, 1.54) is 26.9 Å². The molecule has 1 amide bonds. The van der Waals surface area contributed by atoms with Crippen LogP contribution in [0.5, 0.6) is 17.2 Å². The highest BCUT2D eigenvalue weighted by molar-refractivity contribution is 5.95. The lowest BCUT2D eigenvalue weighted by Crippen LogP contribution is -2.40. The highest BCUT2D eigenvalue weighted by Crippen LogP contribution is 2.38. The Balaban J connectivity index is 1.74. The van der Waals surface area contributed by atoms with E-state index in [0.717, 1.165) is 6.42 Å². The fourth-order valence-electron chi connectivity index (χ4n) is 3.24. The maximum absolute atomic E-state index is 12.8. The van der Waals surface area contributed by atoms with Gasteiger partial charge in [0, 0.05) is 23.9 Å². The Hall–Kier alpha value is -2.80. The van der Waals surface area contributed by atoms with Gasteiger partial charge in [-0.25, -0.2) is 0 Å². The number of pyridine rings is 1. The minimum Gasteiger partial charge on any atom is -0.493 e. The second-order valence-electron chi connectivity index (χ2n) is 6.35. The number of aromatic nitrogens is 1. The zero-order valence-corrected chi connectivity index (χ0v) is 15.7. The molecule has 0 saturated carbocycles. The number of rotatable bonds is 7. The number of amides is 1. The molecule has 1 saturated heterocycles. The maximum atomic E-state index is 12.8. The van der Waals surface area contributed by atoms with Gasteiger partial charge in [0.15, 0.2) is 11.5 Å². The van der Waals surface area contributed by atoms with Crippen LogP contribution in [0, 0.1) is 5.92 Å². The number of hydrogen-bond acceptors (Lipinski definition) is 6. The summed E-state index contributed by atoms with van der Waals surface area (Å²) < 4.78 is 21.6. The van der Waals surface area contributed by atoms with Gasteiger partial charge < -0.3 is 24.3 Å². The highest BCUT2D eigenvalue weighted by Gasteiger charge is 2.30. The van der Waals surface area contributed by atoms with Crippen LogP contribution >= 0.6 is 0 Å². The number of ether oxygens (including phenoxy) is 4. The topological polar surface area (TPSA) is 78.9 Å². The van der Waals surface area contributed by atoms with E-state index in [2.05, 4.69) is 10.3 Å². The molecule has 1 aliphatic heterocycles. The van der Waals surface area contributed by atoms with Crippen LogP contribution in [0.25, 0.3) is 0 Å². The number of nitrogens with zero attached hydrogens (tertiary/aromatic N) is 1. The van der Waals surface area contributed by atoms with Gasteiger partial charge in [-0.3, -0.25) is 9.78 Å². The first-order valence-corrected chi connectivity index (χ1v) is 8.73. The van der Waals surface area contributed by atoms with Gasteiger partial charge in [0.1, 0.15) is 0 Å². The summed E-state index contributed by atoms with van der Waals surface area (Å²) in [6.07, 6.45) is 4.37. The van der Waals surface area contributed by atoms with Crippen LogP contribution in [0.2, 0.25) is 0 Å². The minimum absolute atomic E-state index is 0.0650. The molecule has 1 aromatic heterocycles. The predicted octanol–water partition coefficient (Wildman–Crippen LogP) is 2.09. The molecule has 1 N–H and O–H groups in total. The van der Waals surface area contributed by atoms with Crippen molar-refractivity contribution >= 4 is 5.91 Å². The summed E-state index contributed by atoms with van der Waals surface area (Å²) in [5, 5.41) is 3.07. The Bertz CT molecular complexity index is 756. The Kier molecular flexibility index (Phi) is 6.13. The molecule has 0 radical (unpaired) electrons. The summed E-state index contributed by atoms with van der Waals surface area (Å²) in [7, 11) is 4.57. The Labute approximate surface area is 158 Å². The Morgan fingerprint density at radius 2 is 1.78 bits per heavy atom. The Morgan fingerprint density at radius 1 is 1.11 bits per heavy atom. The van der Waals surface area contributed by atoms with Crippen LogP contribution in [-0.4, -0.2) is 51.5 Å². The number of nitrogens with one attached hydrogen (secondary N) is 1. The molecule has 0 bridgehead atoms. The molecule has 2 aromatic rings. The van der Waals surface area contributed by atoms with Gasteiger partial charge in [-0.1, -0.05) is 0 Å². The number of carbonyl (C=O) groups is 1. The molecule has 2 heterocycles. The van der Waals surface area contributed by atoms with Gasteiger partial charge in [-0.2, -0.15) is 0 Å². The molecule has 2 atom stereocenters. The second kappa shape index (κ2) is 8.73. The van der Waals surface area contributed by atoms with Crippen LogP contribution in [-0.2, 0) is 11.2 Å². The van der Waals surface area contributed by atoms with E-state index >= 15 is 0 Å². The number of benzene rings is 1. The van der Waals surface area contributed by atoms with E-state index in [4.69, 9.17) is 18.9 Å². The van der Waals surface area contributed by atoms with Crippen molar-refractivity contribution in [2.45, 2.75) is 12.5 Å². The molecule has 144 valence electrons. The van der Waals surface area contributed by atoms with Crippen molar-refractivity contribution in [2.24, 2.45) is 5.92 Å². The third-order valence-corrected chi connectivity index (χ3v) is 4.69. The van der Waals surface area contributed by atoms with Crippen molar-refractivity contribution in [3.8, 4) is 17.2 Å². The summed E-state index contributed by atoms with van der Waals surface area (Å²) in [4.78, 5) is 16.8. The van der Waals surface area contributed by atoms with Crippen molar-refractivity contribution < 1.29 is 23.7 Å². The molecule has 27 heavy (non-hydrogen) atoms. The van der Waals surface area contributed by atoms with E-state index in [0.29, 0.717) is 36.0 Å². The quantitative estimate of drug-likeness (QED) is 0.802. The van der Waals surface area contributed by atoms with E-state index in [1.807, 2.05) is 12.1 Å². The molecule has 7 nitrogen and oxygen atoms in total. The van der Waals surface area contributed by atoms with Gasteiger partial charge in [0.05, 0.1) is 40.6 Å². The normalized spacial score (nSPS) is 18.8. The van der Waals surface area contributed by atoms with Gasteiger partial charge >= 0.3 is 0 Å². The molecule has 1 fully saturated rings. The monoisotopic (exact) mass is 372 g/mol. The van der Waals surface area contributed by atoms with Crippen molar-refractivity contribution in [3.63, 3.8) is 0 Å². The summed E-state index contributed by atoms with van der Waals surface area (Å²) >= 11 is 0. The summed E-state index contributed by atoms with van der Waals surface area (Å²) in [6, 6.07) is 7.19. The van der Waals surface area contributed by atoms with E-state index in [1.54, 1.807) is 24.5 Å². The minimum atomic E-state index is -0.204. The van der Waals surface area contributed by atoms with Gasteiger partial charge in [-0.05, 0) is 36.2 Å². The lowest BCUT2D eigenvalue weighted by molar-refractivity contribution is 0.0924. The first kappa shape index (κ1) is 19.0. The molecule has 0 unspecified atom stereocenters. The summed E-state index contributed by atoms with van der Waals surface area (Å²) in [5.41, 5.74) is 1.62. The first-order valence-electron chi connectivity index (χ1n) is 8.73. The second-order valence-corrected chi connectivity index (χ2v) is 6.35. The smallest absolute Gasteiger partial charge is 0.251 e. The van der Waals surface area contributed by atoms with Crippen LogP contribution in [0.15, 0.2) is 36.7 Å². The number of hydrogen-bond donors (Lipinski definition) is 1. The third kappa shape index (κ3) is 4.31. The number of methoxy groups -OCH3 is 3. The van der Waals surface area contributed by atoms with Crippen molar-refractivity contribution in [1.82, 2.24) is 10.3 Å². The molecular formula is C20H24N2O5. The molecule has 0 spiro atoms. The van der Waals surface area contributed by atoms with Gasteiger partial charge in [0.25, 0.3) is 5.91 Å².